The zero-order valence-corrected chi connectivity index (χ0v) is 10.4. The zero-order chi connectivity index (χ0) is 13.9. The van der Waals surface area contributed by atoms with Crippen molar-refractivity contribution in [3.63, 3.8) is 0 Å². The van der Waals surface area contributed by atoms with E-state index in [9.17, 15) is 19.2 Å². The Morgan fingerprint density at radius 3 is 2.28 bits per heavy atom. The zero-order valence-electron chi connectivity index (χ0n) is 10.4. The fourth-order valence-electron chi connectivity index (χ4n) is 1.54. The molecule has 1 fully saturated rings. The Morgan fingerprint density at radius 1 is 1.28 bits per heavy atom. The molecule has 1 saturated heterocycles. The van der Waals surface area contributed by atoms with Crippen molar-refractivity contribution in [1.82, 2.24) is 10.2 Å². The van der Waals surface area contributed by atoms with Crippen LogP contribution in [0.5, 0.6) is 0 Å². The molecule has 0 saturated carbocycles. The number of ketones is 1. The highest BCUT2D eigenvalue weighted by atomic mass is 16.5. The highest BCUT2D eigenvalue weighted by molar-refractivity contribution is 6.25. The van der Waals surface area contributed by atoms with E-state index in [1.807, 2.05) is 0 Å². The Kier molecular flexibility index (Phi) is 4.19. The van der Waals surface area contributed by atoms with Gasteiger partial charge in [-0.05, 0) is 20.8 Å². The van der Waals surface area contributed by atoms with E-state index in [0.29, 0.717) is 0 Å². The molecule has 0 aliphatic carbocycles. The monoisotopic (exact) mass is 254 g/mol. The molecule has 7 nitrogen and oxygen atoms in total. The molecular formula is C11H14N2O5. The van der Waals surface area contributed by atoms with Gasteiger partial charge < -0.3 is 10.1 Å². The van der Waals surface area contributed by atoms with E-state index < -0.39 is 29.3 Å². The predicted molar refractivity (Wildman–Crippen MR) is 60.3 cm³/mol. The Morgan fingerprint density at radius 2 is 1.89 bits per heavy atom. The summed E-state index contributed by atoms with van der Waals surface area (Å²) < 4.78 is 4.69. The molecule has 3 amide bonds. The van der Waals surface area contributed by atoms with E-state index in [-0.39, 0.29) is 18.8 Å². The Labute approximate surface area is 104 Å². The summed E-state index contributed by atoms with van der Waals surface area (Å²) in [6, 6.07) is -0.652. The summed E-state index contributed by atoms with van der Waals surface area (Å²) in [5, 5.41) is 2.22. The summed E-state index contributed by atoms with van der Waals surface area (Å²) in [5.41, 5.74) is -0.737. The number of esters is 1. The van der Waals surface area contributed by atoms with E-state index in [2.05, 4.69) is 5.32 Å². The molecule has 0 spiro atoms. The van der Waals surface area contributed by atoms with Gasteiger partial charge in [-0.3, -0.25) is 14.5 Å². The number of carbonyl (C=O) groups excluding carboxylic acids is 4. The van der Waals surface area contributed by atoms with Crippen molar-refractivity contribution < 1.29 is 23.9 Å². The standard InChI is InChI=1S/C11H14N2O5/c1-4-13-9(15)8(12-11(13)17)7(6(3)14)10(16)18-5-2/h4-5H2,1-3H3,(H,12,17). The number of nitrogens with one attached hydrogen (secondary N) is 1. The van der Waals surface area contributed by atoms with Gasteiger partial charge in [-0.1, -0.05) is 0 Å². The summed E-state index contributed by atoms with van der Waals surface area (Å²) >= 11 is 0. The maximum Gasteiger partial charge on any atom is 0.344 e. The number of imide groups is 1. The largest absolute Gasteiger partial charge is 0.462 e. The molecule has 1 heterocycles. The maximum atomic E-state index is 11.8. The normalized spacial score (nSPS) is 17.6. The van der Waals surface area contributed by atoms with Crippen molar-refractivity contribution in [3.8, 4) is 0 Å². The van der Waals surface area contributed by atoms with Gasteiger partial charge in [-0.2, -0.15) is 0 Å². The Bertz CT molecular complexity index is 452. The number of amides is 3. The van der Waals surface area contributed by atoms with Crippen LogP contribution < -0.4 is 5.32 Å². The molecular weight excluding hydrogens is 240 g/mol. The molecule has 1 aliphatic heterocycles. The number of ether oxygens (including phenoxy) is 1. The molecule has 98 valence electrons. The summed E-state index contributed by atoms with van der Waals surface area (Å²) in [5.74, 6) is -2.23. The van der Waals surface area contributed by atoms with Gasteiger partial charge in [-0.25, -0.2) is 9.59 Å². The predicted octanol–water partition coefficient (Wildman–Crippen LogP) is -0.0357. The van der Waals surface area contributed by atoms with E-state index >= 15 is 0 Å². The molecule has 0 unspecified atom stereocenters. The van der Waals surface area contributed by atoms with Crippen molar-refractivity contribution in [2.45, 2.75) is 20.8 Å². The summed E-state index contributed by atoms with van der Waals surface area (Å²) in [6.45, 7) is 4.55. The number of hydrogen-bond acceptors (Lipinski definition) is 5. The van der Waals surface area contributed by atoms with Crippen LogP contribution in [-0.2, 0) is 19.1 Å². The minimum Gasteiger partial charge on any atom is -0.462 e. The van der Waals surface area contributed by atoms with Gasteiger partial charge in [0.25, 0.3) is 5.91 Å². The lowest BCUT2D eigenvalue weighted by molar-refractivity contribution is -0.140. The van der Waals surface area contributed by atoms with Crippen LogP contribution in [0.4, 0.5) is 4.79 Å². The van der Waals surface area contributed by atoms with E-state index in [0.717, 1.165) is 11.8 Å². The number of urea groups is 1. The molecule has 0 atom stereocenters. The van der Waals surface area contributed by atoms with Crippen LogP contribution in [0.15, 0.2) is 11.3 Å². The number of carbonyl (C=O) groups is 4. The third kappa shape index (κ3) is 2.39. The second-order valence-corrected chi connectivity index (χ2v) is 3.51. The van der Waals surface area contributed by atoms with Crippen molar-refractivity contribution in [1.29, 1.82) is 0 Å². The molecule has 7 heteroatoms. The quantitative estimate of drug-likeness (QED) is 0.250. The minimum absolute atomic E-state index is 0.0719. The molecule has 0 radical (unpaired) electrons. The van der Waals surface area contributed by atoms with E-state index in [1.54, 1.807) is 13.8 Å². The van der Waals surface area contributed by atoms with Crippen molar-refractivity contribution in [3.05, 3.63) is 11.3 Å². The lowest BCUT2D eigenvalue weighted by atomic mass is 10.1. The molecule has 1 N–H and O–H groups in total. The van der Waals surface area contributed by atoms with Gasteiger partial charge in [0.05, 0.1) is 6.61 Å². The van der Waals surface area contributed by atoms with Crippen molar-refractivity contribution in [2.75, 3.05) is 13.2 Å². The van der Waals surface area contributed by atoms with E-state index in [1.165, 1.54) is 0 Å². The minimum atomic E-state index is -0.911. The molecule has 1 rings (SSSR count). The van der Waals surface area contributed by atoms with Gasteiger partial charge in [0.15, 0.2) is 5.78 Å². The Hall–Kier alpha value is -2.18. The number of rotatable bonds is 4. The smallest absolute Gasteiger partial charge is 0.344 e. The third-order valence-electron chi connectivity index (χ3n) is 2.33. The van der Waals surface area contributed by atoms with Crippen LogP contribution in [0.25, 0.3) is 0 Å². The van der Waals surface area contributed by atoms with Gasteiger partial charge in [0.2, 0.25) is 0 Å². The topological polar surface area (TPSA) is 92.8 Å². The van der Waals surface area contributed by atoms with Gasteiger partial charge in [0, 0.05) is 6.54 Å². The number of Topliss-reactive ketones (excluding diaryl/α,β-unsaturated/α-hetero) is 1. The first-order valence-electron chi connectivity index (χ1n) is 5.49. The van der Waals surface area contributed by atoms with Crippen LogP contribution in [0.3, 0.4) is 0 Å². The van der Waals surface area contributed by atoms with Crippen molar-refractivity contribution >= 4 is 23.7 Å². The second kappa shape index (κ2) is 5.44. The van der Waals surface area contributed by atoms with Crippen LogP contribution in [0.2, 0.25) is 0 Å². The fraction of sp³-hybridized carbons (Fsp3) is 0.455. The van der Waals surface area contributed by atoms with Crippen LogP contribution in [-0.4, -0.2) is 41.7 Å². The summed E-state index contributed by atoms with van der Waals surface area (Å²) in [7, 11) is 0. The maximum absolute atomic E-state index is 11.8. The molecule has 0 aromatic carbocycles. The summed E-state index contributed by atoms with van der Waals surface area (Å²) in [4.78, 5) is 47.2. The second-order valence-electron chi connectivity index (χ2n) is 3.51. The highest BCUT2D eigenvalue weighted by Gasteiger charge is 2.38. The number of nitrogens with zero attached hydrogens (tertiary/aromatic N) is 1. The lowest BCUT2D eigenvalue weighted by Gasteiger charge is -2.07. The first-order valence-corrected chi connectivity index (χ1v) is 5.49. The van der Waals surface area contributed by atoms with Gasteiger partial charge in [-0.15, -0.1) is 0 Å². The molecule has 0 aromatic rings. The molecule has 0 aromatic heterocycles. The molecule has 0 bridgehead atoms. The summed E-state index contributed by atoms with van der Waals surface area (Å²) in [6.07, 6.45) is 0. The third-order valence-corrected chi connectivity index (χ3v) is 2.33. The fourth-order valence-corrected chi connectivity index (χ4v) is 1.54. The van der Waals surface area contributed by atoms with Crippen LogP contribution >= 0.6 is 0 Å². The lowest BCUT2D eigenvalue weighted by Crippen LogP contribution is -2.30. The number of likely N-dealkylation sites (N-methyl/N-ethyl adjacent to an activating group) is 1. The number of hydrogen-bond donors (Lipinski definition) is 1. The van der Waals surface area contributed by atoms with Crippen LogP contribution in [0, 0.1) is 0 Å². The van der Waals surface area contributed by atoms with Crippen LogP contribution in [0.1, 0.15) is 20.8 Å². The molecule has 18 heavy (non-hydrogen) atoms. The highest BCUT2D eigenvalue weighted by Crippen LogP contribution is 2.15. The first kappa shape index (κ1) is 13.9. The van der Waals surface area contributed by atoms with E-state index in [4.69, 9.17) is 4.74 Å². The first-order chi connectivity index (χ1) is 8.43. The van der Waals surface area contributed by atoms with Gasteiger partial charge in [0.1, 0.15) is 11.3 Å². The average molecular weight is 254 g/mol. The van der Waals surface area contributed by atoms with Crippen molar-refractivity contribution in [2.24, 2.45) is 0 Å². The SMILES string of the molecule is CCOC(=O)C(C(C)=O)=C1NC(=O)N(CC)C1=O. The molecule has 1 aliphatic rings. The van der Waals surface area contributed by atoms with Gasteiger partial charge >= 0.3 is 12.0 Å². The Balaban J connectivity index is 3.23. The average Bonchev–Trinajstić information content (AvgIpc) is 2.54.